The largest absolute Gasteiger partial charge is 0.481 e. The third-order valence-electron chi connectivity index (χ3n) is 12.5. The highest BCUT2D eigenvalue weighted by atomic mass is 16.4. The van der Waals surface area contributed by atoms with Crippen LogP contribution in [-0.2, 0) is 52.7 Å². The van der Waals surface area contributed by atoms with Crippen LogP contribution in [0.1, 0.15) is 219 Å². The van der Waals surface area contributed by atoms with Crippen LogP contribution in [0.15, 0.2) is 0 Å². The van der Waals surface area contributed by atoms with Crippen molar-refractivity contribution in [2.24, 2.45) is 29.2 Å². The molecule has 21 nitrogen and oxygen atoms in total. The van der Waals surface area contributed by atoms with Crippen molar-refractivity contribution in [2.75, 3.05) is 13.1 Å². The number of nitrogens with one attached hydrogen (secondary N) is 3. The zero-order valence-electron chi connectivity index (χ0n) is 43.8. The van der Waals surface area contributed by atoms with Crippen LogP contribution >= 0.6 is 0 Å². The van der Waals surface area contributed by atoms with Crippen LogP contribution in [0.5, 0.6) is 0 Å². The Hall–Kier alpha value is -5.47. The van der Waals surface area contributed by atoms with Gasteiger partial charge < -0.3 is 57.7 Å². The van der Waals surface area contributed by atoms with E-state index in [0.29, 0.717) is 64.5 Å². The van der Waals surface area contributed by atoms with Gasteiger partial charge in [0.25, 0.3) is 0 Å². The maximum Gasteiger partial charge on any atom is 0.326 e. The Kier molecular flexibility index (Phi) is 43.1. The van der Waals surface area contributed by atoms with E-state index in [1.54, 1.807) is 0 Å². The number of carboxylic acids is 5. The number of hydrogen-bond acceptors (Lipinski definition) is 12. The average molecular weight is 1040 g/mol. The lowest BCUT2D eigenvalue weighted by Gasteiger charge is -2.16. The smallest absolute Gasteiger partial charge is 0.326 e. The summed E-state index contributed by atoms with van der Waals surface area (Å²) in [5.74, 6) is -10.0. The number of carboxylic acid groups (broad SMARTS) is 5. The molecule has 5 atom stereocenters. The van der Waals surface area contributed by atoms with Gasteiger partial charge in [0.1, 0.15) is 23.7 Å². The van der Waals surface area contributed by atoms with Gasteiger partial charge in [-0.05, 0) is 71.3 Å². The molecule has 0 fully saturated rings. The lowest BCUT2D eigenvalue weighted by molar-refractivity contribution is -0.145. The SMILES string of the molecule is CC(=O)C[C@@H](CCC(=O)N[C@@H](CCC(=O)NCCCC[C@H](CCN)C(N)=O)C(=O)O)C(=O)O.CCC[C@H](NC(=O)CC[C@H](CC(=O)CCCCCCCCCCCCCCCCCCC(=O)O)C(=O)O)C(=O)O. The monoisotopic (exact) mass is 1040 g/mol. The van der Waals surface area contributed by atoms with Crippen LogP contribution < -0.4 is 27.4 Å². The van der Waals surface area contributed by atoms with Gasteiger partial charge in [0, 0.05) is 57.4 Å². The van der Waals surface area contributed by atoms with Gasteiger partial charge in [0.15, 0.2) is 0 Å². The first kappa shape index (κ1) is 69.6. The maximum atomic E-state index is 12.3. The van der Waals surface area contributed by atoms with Crippen molar-refractivity contribution in [1.29, 1.82) is 0 Å². The van der Waals surface area contributed by atoms with E-state index in [-0.39, 0.29) is 74.8 Å². The maximum absolute atomic E-state index is 12.3. The topological polar surface area (TPSA) is 377 Å². The Bertz CT molecular complexity index is 1660. The number of unbranched alkanes of at least 4 members (excludes halogenated alkanes) is 16. The molecule has 21 heteroatoms. The van der Waals surface area contributed by atoms with Gasteiger partial charge in [0.2, 0.25) is 23.6 Å². The van der Waals surface area contributed by atoms with E-state index in [1.165, 1.54) is 64.7 Å². The highest BCUT2D eigenvalue weighted by molar-refractivity contribution is 5.87. The molecule has 73 heavy (non-hydrogen) atoms. The molecule has 4 amide bonds. The summed E-state index contributed by atoms with van der Waals surface area (Å²) in [5.41, 5.74) is 10.7. The molecule has 0 saturated carbocycles. The molecule has 0 aliphatic carbocycles. The van der Waals surface area contributed by atoms with Crippen LogP contribution in [0.2, 0.25) is 0 Å². The number of ketones is 2. The number of aliphatic carboxylic acids is 5. The fourth-order valence-corrected chi connectivity index (χ4v) is 8.11. The summed E-state index contributed by atoms with van der Waals surface area (Å²) in [6.45, 7) is 3.79. The van der Waals surface area contributed by atoms with Crippen LogP contribution in [0.3, 0.4) is 0 Å². The Labute approximate surface area is 431 Å². The van der Waals surface area contributed by atoms with Gasteiger partial charge in [-0.2, -0.15) is 0 Å². The third-order valence-corrected chi connectivity index (χ3v) is 12.5. The number of carbonyl (C=O) groups excluding carboxylic acids is 6. The Morgan fingerprint density at radius 2 is 0.836 bits per heavy atom. The Morgan fingerprint density at radius 1 is 0.425 bits per heavy atom. The molecular formula is C52H91N5O16. The van der Waals surface area contributed by atoms with Gasteiger partial charge in [-0.25, -0.2) is 9.59 Å². The lowest BCUT2D eigenvalue weighted by Crippen LogP contribution is -2.41. The predicted octanol–water partition coefficient (Wildman–Crippen LogP) is 6.44. The molecule has 0 aliphatic rings. The quantitative estimate of drug-likeness (QED) is 0.0293. The summed E-state index contributed by atoms with van der Waals surface area (Å²) >= 11 is 0. The minimum absolute atomic E-state index is 0.0154. The standard InChI is InChI=1S/C31H55NO8.C21H36N4O8/c1-2-19-27(31(39)40)32-28(34)23-22-25(30(37)38)24-26(33)20-17-15-13-11-9-7-5-3-4-6-8-10-12-14-16-18-21-29(35)36;1-13(26)12-15(20(30)31)5-7-18(28)25-16(21(32)33)6-8-17(27)24-11-3-2-4-14(9-10-22)19(23)29/h25,27H,2-24H2,1H3,(H,32,34)(H,35,36)(H,37,38)(H,39,40);14-16H,2-12,22H2,1H3,(H2,23,29)(H,24,27)(H,25,28)(H,30,31)(H,32,33)/t25-,27+;14-,15-,16+/m11/s1. The van der Waals surface area contributed by atoms with Crippen molar-refractivity contribution in [3.05, 3.63) is 0 Å². The molecule has 0 saturated heterocycles. The Morgan fingerprint density at radius 3 is 1.22 bits per heavy atom. The van der Waals surface area contributed by atoms with Crippen LogP contribution in [0, 0.1) is 17.8 Å². The summed E-state index contributed by atoms with van der Waals surface area (Å²) in [6.07, 6.45) is 21.1. The molecule has 0 unspecified atom stereocenters. The predicted molar refractivity (Wildman–Crippen MR) is 273 cm³/mol. The molecule has 0 aliphatic heterocycles. The summed E-state index contributed by atoms with van der Waals surface area (Å²) in [4.78, 5) is 126. The molecule has 0 bridgehead atoms. The van der Waals surface area contributed by atoms with E-state index >= 15 is 0 Å². The van der Waals surface area contributed by atoms with E-state index in [2.05, 4.69) is 16.0 Å². The van der Waals surface area contributed by atoms with Crippen molar-refractivity contribution in [1.82, 2.24) is 16.0 Å². The van der Waals surface area contributed by atoms with E-state index < -0.39 is 71.5 Å². The van der Waals surface area contributed by atoms with Crippen molar-refractivity contribution in [2.45, 2.75) is 231 Å². The van der Waals surface area contributed by atoms with Gasteiger partial charge >= 0.3 is 29.8 Å². The highest BCUT2D eigenvalue weighted by Crippen LogP contribution is 2.18. The zero-order chi connectivity index (χ0) is 55.4. The molecule has 420 valence electrons. The normalized spacial score (nSPS) is 12.9. The van der Waals surface area contributed by atoms with Gasteiger partial charge in [-0.1, -0.05) is 110 Å². The van der Waals surface area contributed by atoms with E-state index in [0.717, 1.165) is 44.9 Å². The van der Waals surface area contributed by atoms with Crippen molar-refractivity contribution in [3.8, 4) is 0 Å². The fraction of sp³-hybridized carbons (Fsp3) is 0.788. The van der Waals surface area contributed by atoms with E-state index in [9.17, 15) is 63.0 Å². The summed E-state index contributed by atoms with van der Waals surface area (Å²) in [5, 5.41) is 52.9. The van der Waals surface area contributed by atoms with Crippen LogP contribution in [-0.4, -0.2) is 116 Å². The molecule has 0 aromatic rings. The average Bonchev–Trinajstić information content (AvgIpc) is 3.31. The van der Waals surface area contributed by atoms with E-state index in [1.807, 2.05) is 6.92 Å². The van der Waals surface area contributed by atoms with E-state index in [4.69, 9.17) is 26.8 Å². The first-order valence-electron chi connectivity index (χ1n) is 26.6. The Balaban J connectivity index is 0. The summed E-state index contributed by atoms with van der Waals surface area (Å²) < 4.78 is 0. The number of rotatable bonds is 48. The molecule has 0 aromatic heterocycles. The van der Waals surface area contributed by atoms with Gasteiger partial charge in [0.05, 0.1) is 11.8 Å². The second kappa shape index (κ2) is 45.2. The minimum atomic E-state index is -1.31. The first-order valence-corrected chi connectivity index (χ1v) is 26.6. The molecule has 0 rings (SSSR count). The number of hydrogen-bond donors (Lipinski definition) is 10. The molecule has 0 spiro atoms. The summed E-state index contributed by atoms with van der Waals surface area (Å²) in [7, 11) is 0. The number of primary amides is 1. The molecule has 0 aromatic carbocycles. The first-order chi connectivity index (χ1) is 34.6. The fourth-order valence-electron chi connectivity index (χ4n) is 8.11. The van der Waals surface area contributed by atoms with Gasteiger partial charge in [-0.3, -0.25) is 38.4 Å². The van der Waals surface area contributed by atoms with Crippen molar-refractivity contribution in [3.63, 3.8) is 0 Å². The number of amides is 4. The number of nitrogens with two attached hydrogens (primary N) is 2. The molecule has 0 heterocycles. The second-order valence-electron chi connectivity index (χ2n) is 19.1. The van der Waals surface area contributed by atoms with Crippen molar-refractivity contribution >= 4 is 65.0 Å². The highest BCUT2D eigenvalue weighted by Gasteiger charge is 2.26. The van der Waals surface area contributed by atoms with Crippen LogP contribution in [0.4, 0.5) is 0 Å². The van der Waals surface area contributed by atoms with Crippen LogP contribution in [0.25, 0.3) is 0 Å². The van der Waals surface area contributed by atoms with Gasteiger partial charge in [-0.15, -0.1) is 0 Å². The lowest BCUT2D eigenvalue weighted by atomic mass is 9.94. The number of Topliss-reactive ketones (excluding diaryl/α,β-unsaturated/α-hetero) is 2. The molecule has 12 N–H and O–H groups in total. The molecule has 0 radical (unpaired) electrons. The minimum Gasteiger partial charge on any atom is -0.481 e. The zero-order valence-corrected chi connectivity index (χ0v) is 43.8. The summed E-state index contributed by atoms with van der Waals surface area (Å²) in [6, 6.07) is -2.27. The number of carbonyl (C=O) groups is 11. The van der Waals surface area contributed by atoms with Crippen molar-refractivity contribution < 1.29 is 78.3 Å². The second-order valence-corrected chi connectivity index (χ2v) is 19.1. The third kappa shape index (κ3) is 42.7. The molecular weight excluding hydrogens is 951 g/mol.